The molecule has 0 unspecified atom stereocenters. The Kier molecular flexibility index (Phi) is 5.24. The molecular weight excluding hydrogens is 282 g/mol. The molecule has 0 fully saturated rings. The van der Waals surface area contributed by atoms with E-state index in [2.05, 4.69) is 15.4 Å². The predicted octanol–water partition coefficient (Wildman–Crippen LogP) is 1.64. The number of nitrogens with two attached hydrogens (primary N) is 1. The lowest BCUT2D eigenvalue weighted by molar-refractivity contribution is 0.355. The van der Waals surface area contributed by atoms with Crippen molar-refractivity contribution in [1.82, 2.24) is 9.78 Å². The maximum Gasteiger partial charge on any atom is 0.193 e. The zero-order valence-electron chi connectivity index (χ0n) is 13.0. The first-order valence-electron chi connectivity index (χ1n) is 6.90. The van der Waals surface area contributed by atoms with Crippen LogP contribution in [0.4, 0.5) is 5.69 Å². The van der Waals surface area contributed by atoms with Gasteiger partial charge in [0, 0.05) is 18.0 Å². The molecule has 118 valence electrons. The van der Waals surface area contributed by atoms with Crippen molar-refractivity contribution in [3.05, 3.63) is 36.2 Å². The summed E-state index contributed by atoms with van der Waals surface area (Å²) in [5.74, 6) is 1.64. The van der Waals surface area contributed by atoms with Gasteiger partial charge in [0.05, 0.1) is 33.5 Å². The summed E-state index contributed by atoms with van der Waals surface area (Å²) in [6, 6.07) is 5.46. The number of aliphatic imine (C=N–C) groups is 1. The molecule has 0 radical (unpaired) electrons. The quantitative estimate of drug-likeness (QED) is 0.626. The maximum atomic E-state index is 5.87. The summed E-state index contributed by atoms with van der Waals surface area (Å²) < 4.78 is 12.3. The molecule has 1 aromatic heterocycles. The smallest absolute Gasteiger partial charge is 0.193 e. The first-order chi connectivity index (χ1) is 10.6. The highest BCUT2D eigenvalue weighted by molar-refractivity contribution is 5.92. The number of nitrogens with one attached hydrogen (secondary N) is 1. The van der Waals surface area contributed by atoms with Crippen LogP contribution in [0.2, 0.25) is 0 Å². The van der Waals surface area contributed by atoms with E-state index in [0.29, 0.717) is 30.5 Å². The summed E-state index contributed by atoms with van der Waals surface area (Å²) in [5, 5.41) is 7.22. The molecule has 0 aliphatic heterocycles. The second-order valence-electron chi connectivity index (χ2n) is 4.74. The number of methoxy groups -OCH3 is 2. The summed E-state index contributed by atoms with van der Waals surface area (Å²) in [6.07, 6.45) is 3.78. The van der Waals surface area contributed by atoms with Crippen LogP contribution in [0.3, 0.4) is 0 Å². The Morgan fingerprint density at radius 2 is 2.09 bits per heavy atom. The van der Waals surface area contributed by atoms with Gasteiger partial charge in [0.25, 0.3) is 0 Å². The Hall–Kier alpha value is -2.70. The van der Waals surface area contributed by atoms with Crippen LogP contribution in [0.15, 0.2) is 35.6 Å². The average molecular weight is 303 g/mol. The maximum absolute atomic E-state index is 5.87. The van der Waals surface area contributed by atoms with E-state index in [1.165, 1.54) is 0 Å². The van der Waals surface area contributed by atoms with Gasteiger partial charge in [-0.3, -0.25) is 9.67 Å². The molecule has 0 amide bonds. The van der Waals surface area contributed by atoms with E-state index in [1.54, 1.807) is 26.4 Å². The molecular formula is C15H21N5O2. The van der Waals surface area contributed by atoms with E-state index in [4.69, 9.17) is 15.2 Å². The van der Waals surface area contributed by atoms with Gasteiger partial charge in [-0.2, -0.15) is 5.10 Å². The van der Waals surface area contributed by atoms with Gasteiger partial charge in [-0.05, 0) is 24.6 Å². The number of rotatable bonds is 6. The lowest BCUT2D eigenvalue weighted by Gasteiger charge is -2.10. The fraction of sp³-hybridized carbons (Fsp3) is 0.333. The van der Waals surface area contributed by atoms with Crippen LogP contribution in [-0.2, 0) is 6.54 Å². The van der Waals surface area contributed by atoms with Crippen LogP contribution in [0.5, 0.6) is 11.5 Å². The predicted molar refractivity (Wildman–Crippen MR) is 86.6 cm³/mol. The Labute approximate surface area is 129 Å². The number of ether oxygens (including phenoxy) is 2. The number of hydrogen-bond acceptors (Lipinski definition) is 4. The molecule has 0 bridgehead atoms. The first-order valence-corrected chi connectivity index (χ1v) is 6.90. The summed E-state index contributed by atoms with van der Waals surface area (Å²) in [6.45, 7) is 3.23. The monoisotopic (exact) mass is 303 g/mol. The second-order valence-corrected chi connectivity index (χ2v) is 4.74. The van der Waals surface area contributed by atoms with Crippen molar-refractivity contribution in [2.75, 3.05) is 26.1 Å². The van der Waals surface area contributed by atoms with Crippen molar-refractivity contribution < 1.29 is 9.47 Å². The molecule has 0 spiro atoms. The topological polar surface area (TPSA) is 86.7 Å². The van der Waals surface area contributed by atoms with E-state index >= 15 is 0 Å². The van der Waals surface area contributed by atoms with Crippen molar-refractivity contribution in [3.63, 3.8) is 0 Å². The molecule has 0 atom stereocenters. The molecule has 3 N–H and O–H groups in total. The number of hydrogen-bond donors (Lipinski definition) is 2. The van der Waals surface area contributed by atoms with E-state index < -0.39 is 0 Å². The van der Waals surface area contributed by atoms with Crippen molar-refractivity contribution in [3.8, 4) is 11.5 Å². The van der Waals surface area contributed by atoms with E-state index in [1.807, 2.05) is 30.1 Å². The third-order valence-electron chi connectivity index (χ3n) is 3.03. The zero-order valence-corrected chi connectivity index (χ0v) is 13.0. The minimum absolute atomic E-state index is 0.344. The average Bonchev–Trinajstić information content (AvgIpc) is 2.92. The van der Waals surface area contributed by atoms with E-state index in [9.17, 15) is 0 Å². The van der Waals surface area contributed by atoms with Gasteiger partial charge in [0.15, 0.2) is 17.5 Å². The van der Waals surface area contributed by atoms with Gasteiger partial charge in [0.2, 0.25) is 0 Å². The van der Waals surface area contributed by atoms with Gasteiger partial charge in [0.1, 0.15) is 0 Å². The number of nitrogens with zero attached hydrogens (tertiary/aromatic N) is 3. The van der Waals surface area contributed by atoms with E-state index in [0.717, 1.165) is 11.3 Å². The lowest BCUT2D eigenvalue weighted by atomic mass is 10.3. The molecule has 0 aliphatic rings. The third kappa shape index (κ3) is 4.15. The number of aryl methyl sites for hydroxylation is 1. The molecule has 7 heteroatoms. The number of aromatic nitrogens is 2. The van der Waals surface area contributed by atoms with Gasteiger partial charge in [-0.25, -0.2) is 0 Å². The van der Waals surface area contributed by atoms with Crippen LogP contribution in [-0.4, -0.2) is 36.5 Å². The van der Waals surface area contributed by atoms with E-state index in [-0.39, 0.29) is 0 Å². The molecule has 2 aromatic rings. The summed E-state index contributed by atoms with van der Waals surface area (Å²) in [4.78, 5) is 4.27. The lowest BCUT2D eigenvalue weighted by Crippen LogP contribution is -2.23. The molecule has 2 rings (SSSR count). The van der Waals surface area contributed by atoms with Gasteiger partial charge in [-0.15, -0.1) is 0 Å². The number of guanidine groups is 1. The minimum atomic E-state index is 0.344. The number of benzene rings is 1. The third-order valence-corrected chi connectivity index (χ3v) is 3.03. The Morgan fingerprint density at radius 3 is 2.73 bits per heavy atom. The molecule has 22 heavy (non-hydrogen) atoms. The molecule has 0 aliphatic carbocycles. The molecule has 1 heterocycles. The Morgan fingerprint density at radius 1 is 1.32 bits per heavy atom. The van der Waals surface area contributed by atoms with Crippen LogP contribution < -0.4 is 20.5 Å². The molecule has 0 saturated heterocycles. The fourth-order valence-electron chi connectivity index (χ4n) is 1.96. The van der Waals surface area contributed by atoms with Crippen LogP contribution in [0, 0.1) is 6.92 Å². The van der Waals surface area contributed by atoms with Gasteiger partial charge >= 0.3 is 0 Å². The Balaban J connectivity index is 1.93. The van der Waals surface area contributed by atoms with Crippen LogP contribution in [0.1, 0.15) is 5.56 Å². The standard InChI is InChI=1S/C15H21N5O2/c1-11-9-18-20(10-11)7-6-17-15(16)19-12-4-5-13(21-2)14(8-12)22-3/h4-5,8-10H,6-7H2,1-3H3,(H3,16,17,19). The number of anilines is 1. The zero-order chi connectivity index (χ0) is 15.9. The van der Waals surface area contributed by atoms with Crippen molar-refractivity contribution >= 4 is 11.6 Å². The van der Waals surface area contributed by atoms with Crippen molar-refractivity contribution in [1.29, 1.82) is 0 Å². The first kappa shape index (κ1) is 15.7. The summed E-state index contributed by atoms with van der Waals surface area (Å²) in [5.41, 5.74) is 7.79. The van der Waals surface area contributed by atoms with Gasteiger partial charge < -0.3 is 20.5 Å². The summed E-state index contributed by atoms with van der Waals surface area (Å²) >= 11 is 0. The molecule has 0 saturated carbocycles. The van der Waals surface area contributed by atoms with Crippen molar-refractivity contribution in [2.24, 2.45) is 10.7 Å². The minimum Gasteiger partial charge on any atom is -0.493 e. The SMILES string of the molecule is COc1ccc(NC(N)=NCCn2cc(C)cn2)cc1OC. The highest BCUT2D eigenvalue weighted by Crippen LogP contribution is 2.29. The van der Waals surface area contributed by atoms with Crippen LogP contribution in [0.25, 0.3) is 0 Å². The normalized spacial score (nSPS) is 11.3. The van der Waals surface area contributed by atoms with Gasteiger partial charge in [-0.1, -0.05) is 0 Å². The van der Waals surface area contributed by atoms with Crippen molar-refractivity contribution in [2.45, 2.75) is 13.5 Å². The Bertz CT molecular complexity index is 651. The molecule has 1 aromatic carbocycles. The van der Waals surface area contributed by atoms with Crippen LogP contribution >= 0.6 is 0 Å². The molecule has 7 nitrogen and oxygen atoms in total. The fourth-order valence-corrected chi connectivity index (χ4v) is 1.96. The highest BCUT2D eigenvalue weighted by atomic mass is 16.5. The largest absolute Gasteiger partial charge is 0.493 e. The highest BCUT2D eigenvalue weighted by Gasteiger charge is 2.05. The second kappa shape index (κ2) is 7.35. The summed E-state index contributed by atoms with van der Waals surface area (Å²) in [7, 11) is 3.18.